The minimum absolute atomic E-state index is 0.262. The molecule has 1 aliphatic carbocycles. The Hall–Kier alpha value is -1.85. The van der Waals surface area contributed by atoms with Crippen molar-refractivity contribution in [2.45, 2.75) is 26.2 Å². The van der Waals surface area contributed by atoms with Crippen LogP contribution in [0, 0.1) is 17.8 Å². The lowest BCUT2D eigenvalue weighted by Crippen LogP contribution is -2.29. The van der Waals surface area contributed by atoms with E-state index in [2.05, 4.69) is 15.0 Å². The van der Waals surface area contributed by atoms with E-state index in [9.17, 15) is 9.59 Å². The molecular formula is C12H16N2O4. The molecule has 0 aromatic carbocycles. The van der Waals surface area contributed by atoms with Gasteiger partial charge in [-0.05, 0) is 18.8 Å². The molecule has 1 saturated carbocycles. The van der Waals surface area contributed by atoms with Gasteiger partial charge in [0.2, 0.25) is 5.91 Å². The number of carbonyl (C=O) groups excluding carboxylic acids is 1. The van der Waals surface area contributed by atoms with E-state index in [0.29, 0.717) is 24.4 Å². The van der Waals surface area contributed by atoms with E-state index in [1.54, 1.807) is 0 Å². The quantitative estimate of drug-likeness (QED) is 0.851. The SMILES string of the molecule is CCC1C[C@H](C(=O)Nc2cnoc2)[C@H](C(=O)O)C1. The smallest absolute Gasteiger partial charge is 0.307 e. The van der Waals surface area contributed by atoms with Crippen LogP contribution in [0.25, 0.3) is 0 Å². The highest BCUT2D eigenvalue weighted by Crippen LogP contribution is 2.38. The Kier molecular flexibility index (Phi) is 3.64. The van der Waals surface area contributed by atoms with Crippen LogP contribution in [0.15, 0.2) is 17.0 Å². The molecule has 1 heterocycles. The zero-order valence-electron chi connectivity index (χ0n) is 10.1. The topological polar surface area (TPSA) is 92.4 Å². The highest BCUT2D eigenvalue weighted by Gasteiger charge is 2.42. The summed E-state index contributed by atoms with van der Waals surface area (Å²) in [5.41, 5.74) is 0.462. The van der Waals surface area contributed by atoms with Gasteiger partial charge >= 0.3 is 5.97 Å². The molecule has 0 saturated heterocycles. The van der Waals surface area contributed by atoms with Crippen LogP contribution in [0.4, 0.5) is 5.69 Å². The van der Waals surface area contributed by atoms with Gasteiger partial charge in [0.1, 0.15) is 12.0 Å². The van der Waals surface area contributed by atoms with Crippen molar-refractivity contribution in [3.63, 3.8) is 0 Å². The van der Waals surface area contributed by atoms with E-state index in [1.165, 1.54) is 12.5 Å². The fraction of sp³-hybridized carbons (Fsp3) is 0.583. The van der Waals surface area contributed by atoms with Crippen LogP contribution in [0.1, 0.15) is 26.2 Å². The summed E-state index contributed by atoms with van der Waals surface area (Å²) in [6.07, 6.45) is 4.82. The maximum Gasteiger partial charge on any atom is 0.307 e. The Labute approximate surface area is 104 Å². The summed E-state index contributed by atoms with van der Waals surface area (Å²) in [5, 5.41) is 15.3. The standard InChI is InChI=1S/C12H16N2O4/c1-2-7-3-9(10(4-7)12(16)17)11(15)14-8-5-13-18-6-8/h5-7,9-10H,2-4H2,1H3,(H,14,15)(H,16,17)/t7?,9-,10+/m0/s1. The second kappa shape index (κ2) is 5.20. The molecule has 2 N–H and O–H groups in total. The molecule has 1 unspecified atom stereocenters. The van der Waals surface area contributed by atoms with E-state index in [1.807, 2.05) is 6.92 Å². The van der Waals surface area contributed by atoms with E-state index < -0.39 is 17.8 Å². The first-order chi connectivity index (χ1) is 8.61. The molecule has 18 heavy (non-hydrogen) atoms. The normalized spacial score (nSPS) is 27.1. The Morgan fingerprint density at radius 3 is 2.78 bits per heavy atom. The number of nitrogens with one attached hydrogen (secondary N) is 1. The molecule has 0 aliphatic heterocycles. The van der Waals surface area contributed by atoms with Crippen LogP contribution in [-0.2, 0) is 9.59 Å². The number of carboxylic acids is 1. The summed E-state index contributed by atoms with van der Waals surface area (Å²) < 4.78 is 4.61. The number of carbonyl (C=O) groups is 2. The summed E-state index contributed by atoms with van der Waals surface area (Å²) in [5.74, 6) is -1.90. The van der Waals surface area contributed by atoms with Crippen molar-refractivity contribution in [2.75, 3.05) is 5.32 Å². The molecule has 1 fully saturated rings. The minimum Gasteiger partial charge on any atom is -0.481 e. The molecule has 1 aromatic rings. The molecule has 6 nitrogen and oxygen atoms in total. The van der Waals surface area contributed by atoms with Gasteiger partial charge in [0.05, 0.1) is 18.0 Å². The molecule has 98 valence electrons. The van der Waals surface area contributed by atoms with Crippen molar-refractivity contribution in [3.05, 3.63) is 12.5 Å². The largest absolute Gasteiger partial charge is 0.481 e. The molecule has 2 rings (SSSR count). The first-order valence-electron chi connectivity index (χ1n) is 6.04. The van der Waals surface area contributed by atoms with Gasteiger partial charge in [-0.2, -0.15) is 0 Å². The third-order valence-electron chi connectivity index (χ3n) is 3.59. The van der Waals surface area contributed by atoms with Crippen molar-refractivity contribution in [3.8, 4) is 0 Å². The Morgan fingerprint density at radius 2 is 2.22 bits per heavy atom. The summed E-state index contributed by atoms with van der Waals surface area (Å²) in [6.45, 7) is 2.02. The lowest BCUT2D eigenvalue weighted by atomic mass is 9.95. The van der Waals surface area contributed by atoms with Gasteiger partial charge in [-0.3, -0.25) is 9.59 Å². The van der Waals surface area contributed by atoms with Crippen molar-refractivity contribution >= 4 is 17.6 Å². The van der Waals surface area contributed by atoms with Gasteiger partial charge < -0.3 is 14.9 Å². The molecule has 1 amide bonds. The first-order valence-corrected chi connectivity index (χ1v) is 6.04. The number of nitrogens with zero attached hydrogens (tertiary/aromatic N) is 1. The molecule has 6 heteroatoms. The van der Waals surface area contributed by atoms with Gasteiger partial charge in [-0.15, -0.1) is 0 Å². The number of hydrogen-bond acceptors (Lipinski definition) is 4. The van der Waals surface area contributed by atoms with Gasteiger partial charge in [-0.25, -0.2) is 0 Å². The fourth-order valence-corrected chi connectivity index (χ4v) is 2.54. The lowest BCUT2D eigenvalue weighted by molar-refractivity contribution is -0.145. The van der Waals surface area contributed by atoms with E-state index >= 15 is 0 Å². The summed E-state index contributed by atoms with van der Waals surface area (Å²) in [4.78, 5) is 23.2. The predicted molar refractivity (Wildman–Crippen MR) is 62.8 cm³/mol. The maximum atomic E-state index is 12.0. The lowest BCUT2D eigenvalue weighted by Gasteiger charge is -2.14. The number of aromatic nitrogens is 1. The van der Waals surface area contributed by atoms with Gasteiger partial charge in [0, 0.05) is 0 Å². The van der Waals surface area contributed by atoms with Gasteiger partial charge in [0.15, 0.2) is 0 Å². The Morgan fingerprint density at radius 1 is 1.50 bits per heavy atom. The van der Waals surface area contributed by atoms with Crippen LogP contribution in [0.2, 0.25) is 0 Å². The summed E-state index contributed by atoms with van der Waals surface area (Å²) >= 11 is 0. The number of aliphatic carboxylic acids is 1. The average molecular weight is 252 g/mol. The maximum absolute atomic E-state index is 12.0. The van der Waals surface area contributed by atoms with Crippen molar-refractivity contribution in [2.24, 2.45) is 17.8 Å². The highest BCUT2D eigenvalue weighted by molar-refractivity contribution is 5.95. The van der Waals surface area contributed by atoms with Gasteiger partial charge in [0.25, 0.3) is 0 Å². The molecule has 3 atom stereocenters. The summed E-state index contributed by atoms with van der Waals surface area (Å²) in [7, 11) is 0. The van der Waals surface area contributed by atoms with Crippen molar-refractivity contribution < 1.29 is 19.2 Å². The second-order valence-corrected chi connectivity index (χ2v) is 4.70. The van der Waals surface area contributed by atoms with Crippen LogP contribution in [0.3, 0.4) is 0 Å². The van der Waals surface area contributed by atoms with Crippen LogP contribution in [0.5, 0.6) is 0 Å². The molecule has 0 radical (unpaired) electrons. The number of carboxylic acid groups (broad SMARTS) is 1. The monoisotopic (exact) mass is 252 g/mol. The Bertz CT molecular complexity index is 429. The first kappa shape index (κ1) is 12.6. The molecule has 1 aromatic heterocycles. The van der Waals surface area contributed by atoms with E-state index in [0.717, 1.165) is 6.42 Å². The minimum atomic E-state index is -0.892. The number of amides is 1. The van der Waals surface area contributed by atoms with Crippen LogP contribution >= 0.6 is 0 Å². The molecular weight excluding hydrogens is 236 g/mol. The van der Waals surface area contributed by atoms with E-state index in [4.69, 9.17) is 5.11 Å². The third-order valence-corrected chi connectivity index (χ3v) is 3.59. The highest BCUT2D eigenvalue weighted by atomic mass is 16.5. The van der Waals surface area contributed by atoms with Gasteiger partial charge in [-0.1, -0.05) is 18.5 Å². The van der Waals surface area contributed by atoms with Crippen molar-refractivity contribution in [1.29, 1.82) is 0 Å². The molecule has 0 bridgehead atoms. The van der Waals surface area contributed by atoms with E-state index in [-0.39, 0.29) is 5.91 Å². The zero-order valence-corrected chi connectivity index (χ0v) is 10.1. The molecule has 1 aliphatic rings. The number of rotatable bonds is 4. The Balaban J connectivity index is 2.05. The number of anilines is 1. The molecule has 0 spiro atoms. The summed E-state index contributed by atoms with van der Waals surface area (Å²) in [6, 6.07) is 0. The average Bonchev–Trinajstić information content (AvgIpc) is 2.96. The van der Waals surface area contributed by atoms with Crippen LogP contribution in [-0.4, -0.2) is 22.1 Å². The number of hydrogen-bond donors (Lipinski definition) is 2. The van der Waals surface area contributed by atoms with Crippen molar-refractivity contribution in [1.82, 2.24) is 5.16 Å². The predicted octanol–water partition coefficient (Wildman–Crippen LogP) is 1.75. The third kappa shape index (κ3) is 2.52. The van der Waals surface area contributed by atoms with Crippen LogP contribution < -0.4 is 5.32 Å². The zero-order chi connectivity index (χ0) is 13.1. The fourth-order valence-electron chi connectivity index (χ4n) is 2.54. The second-order valence-electron chi connectivity index (χ2n) is 4.70.